The van der Waals surface area contributed by atoms with Crippen LogP contribution in [0.15, 0.2) is 24.3 Å². The van der Waals surface area contributed by atoms with Crippen LogP contribution in [0.1, 0.15) is 19.4 Å². The van der Waals surface area contributed by atoms with E-state index < -0.39 is 12.3 Å². The lowest BCUT2D eigenvalue weighted by Crippen LogP contribution is -2.31. The van der Waals surface area contributed by atoms with Crippen molar-refractivity contribution < 1.29 is 17.9 Å². The van der Waals surface area contributed by atoms with Gasteiger partial charge in [0.15, 0.2) is 6.10 Å². The first-order valence-electron chi connectivity index (χ1n) is 4.75. The zero-order valence-electron chi connectivity index (χ0n) is 8.64. The summed E-state index contributed by atoms with van der Waals surface area (Å²) in [6.45, 7) is 2.94. The molecule has 1 atom stereocenters. The molecule has 1 aromatic rings. The molecule has 0 N–H and O–H groups in total. The molecule has 0 bridgehead atoms. The van der Waals surface area contributed by atoms with E-state index in [1.54, 1.807) is 12.1 Å². The Morgan fingerprint density at radius 2 is 2.00 bits per heavy atom. The maximum Gasteiger partial charge on any atom is 0.425 e. The summed E-state index contributed by atoms with van der Waals surface area (Å²) in [5.74, 6) is 0.263. The van der Waals surface area contributed by atoms with E-state index in [-0.39, 0.29) is 5.75 Å². The molecule has 4 heteroatoms. The zero-order valence-corrected chi connectivity index (χ0v) is 8.64. The fraction of sp³-hybridized carbons (Fsp3) is 0.455. The smallest absolute Gasteiger partial charge is 0.425 e. The summed E-state index contributed by atoms with van der Waals surface area (Å²) in [7, 11) is 0. The molecule has 1 aromatic carbocycles. The summed E-state index contributed by atoms with van der Waals surface area (Å²) in [6.07, 6.45) is -5.32. The lowest BCUT2D eigenvalue weighted by molar-refractivity contribution is -0.189. The monoisotopic (exact) mass is 218 g/mol. The van der Waals surface area contributed by atoms with E-state index in [1.807, 2.05) is 13.0 Å². The van der Waals surface area contributed by atoms with Gasteiger partial charge >= 0.3 is 6.18 Å². The molecule has 0 spiro atoms. The third-order valence-corrected chi connectivity index (χ3v) is 2.08. The van der Waals surface area contributed by atoms with Crippen molar-refractivity contribution in [1.82, 2.24) is 0 Å². The van der Waals surface area contributed by atoms with Gasteiger partial charge in [-0.15, -0.1) is 0 Å². The van der Waals surface area contributed by atoms with E-state index in [0.29, 0.717) is 0 Å². The molecule has 84 valence electrons. The maximum atomic E-state index is 12.2. The van der Waals surface area contributed by atoms with Crippen molar-refractivity contribution in [1.29, 1.82) is 0 Å². The minimum absolute atomic E-state index is 0.263. The second-order valence-corrected chi connectivity index (χ2v) is 3.30. The Morgan fingerprint density at radius 1 is 1.33 bits per heavy atom. The number of hydrogen-bond donors (Lipinski definition) is 0. The van der Waals surface area contributed by atoms with Gasteiger partial charge < -0.3 is 4.74 Å². The topological polar surface area (TPSA) is 9.23 Å². The van der Waals surface area contributed by atoms with Crippen LogP contribution in [0.3, 0.4) is 0 Å². The highest BCUT2D eigenvalue weighted by atomic mass is 19.4. The molecule has 0 fully saturated rings. The van der Waals surface area contributed by atoms with Crippen molar-refractivity contribution in [3.63, 3.8) is 0 Å². The molecule has 15 heavy (non-hydrogen) atoms. The van der Waals surface area contributed by atoms with Crippen LogP contribution < -0.4 is 4.74 Å². The van der Waals surface area contributed by atoms with E-state index in [4.69, 9.17) is 4.74 Å². The predicted molar refractivity (Wildman–Crippen MR) is 52.0 cm³/mol. The molecule has 0 aliphatic rings. The molecule has 0 aromatic heterocycles. The van der Waals surface area contributed by atoms with Gasteiger partial charge in [-0.05, 0) is 31.0 Å². The minimum atomic E-state index is -4.32. The largest absolute Gasteiger partial charge is 0.481 e. The Hall–Kier alpha value is -1.19. The van der Waals surface area contributed by atoms with Gasteiger partial charge in [-0.2, -0.15) is 13.2 Å². The summed E-state index contributed by atoms with van der Waals surface area (Å²) >= 11 is 0. The molecule has 0 aliphatic carbocycles. The highest BCUT2D eigenvalue weighted by molar-refractivity contribution is 5.28. The Balaban J connectivity index is 2.72. The van der Waals surface area contributed by atoms with Gasteiger partial charge in [0.1, 0.15) is 5.75 Å². The summed E-state index contributed by atoms with van der Waals surface area (Å²) in [5, 5.41) is 0. The fourth-order valence-electron chi connectivity index (χ4n) is 1.11. The second-order valence-electron chi connectivity index (χ2n) is 3.30. The van der Waals surface area contributed by atoms with Crippen LogP contribution in [-0.4, -0.2) is 12.3 Å². The SMILES string of the molecule is CCc1cccc(OC(C)C(F)(F)F)c1. The van der Waals surface area contributed by atoms with Crippen molar-refractivity contribution in [2.75, 3.05) is 0 Å². The van der Waals surface area contributed by atoms with Crippen LogP contribution in [0.25, 0.3) is 0 Å². The number of rotatable bonds is 3. The number of hydrogen-bond acceptors (Lipinski definition) is 1. The standard InChI is InChI=1S/C11H13F3O/c1-3-9-5-4-6-10(7-9)15-8(2)11(12,13)14/h4-8H,3H2,1-2H3. The highest BCUT2D eigenvalue weighted by Gasteiger charge is 2.37. The minimum Gasteiger partial charge on any atom is -0.481 e. The van der Waals surface area contributed by atoms with Gasteiger partial charge in [0.25, 0.3) is 0 Å². The van der Waals surface area contributed by atoms with Crippen molar-refractivity contribution in [2.45, 2.75) is 32.5 Å². The Morgan fingerprint density at radius 3 is 2.53 bits per heavy atom. The van der Waals surface area contributed by atoms with E-state index in [0.717, 1.165) is 18.9 Å². The molecule has 1 nitrogen and oxygen atoms in total. The average molecular weight is 218 g/mol. The molecule has 0 heterocycles. The molecule has 0 radical (unpaired) electrons. The van der Waals surface area contributed by atoms with Gasteiger partial charge in [0.2, 0.25) is 0 Å². The number of ether oxygens (including phenoxy) is 1. The Labute approximate surface area is 86.9 Å². The van der Waals surface area contributed by atoms with Gasteiger partial charge in [0.05, 0.1) is 0 Å². The van der Waals surface area contributed by atoms with Crippen LogP contribution in [0.4, 0.5) is 13.2 Å². The second kappa shape index (κ2) is 4.55. The van der Waals surface area contributed by atoms with Gasteiger partial charge in [-0.25, -0.2) is 0 Å². The first-order valence-corrected chi connectivity index (χ1v) is 4.75. The van der Waals surface area contributed by atoms with Gasteiger partial charge in [-0.1, -0.05) is 19.1 Å². The summed E-state index contributed by atoms with van der Waals surface area (Å²) in [4.78, 5) is 0. The first-order chi connectivity index (χ1) is 6.93. The van der Waals surface area contributed by atoms with E-state index >= 15 is 0 Å². The zero-order chi connectivity index (χ0) is 11.5. The van der Waals surface area contributed by atoms with E-state index in [1.165, 1.54) is 6.07 Å². The molecule has 0 saturated heterocycles. The molecule has 0 amide bonds. The van der Waals surface area contributed by atoms with Gasteiger partial charge in [0, 0.05) is 0 Å². The third-order valence-electron chi connectivity index (χ3n) is 2.08. The van der Waals surface area contributed by atoms with Crippen molar-refractivity contribution in [2.24, 2.45) is 0 Å². The number of benzene rings is 1. The highest BCUT2D eigenvalue weighted by Crippen LogP contribution is 2.25. The molecule has 1 rings (SSSR count). The van der Waals surface area contributed by atoms with Crippen molar-refractivity contribution in [3.05, 3.63) is 29.8 Å². The van der Waals surface area contributed by atoms with Crippen LogP contribution in [0.2, 0.25) is 0 Å². The number of alkyl halides is 3. The van der Waals surface area contributed by atoms with Crippen LogP contribution in [0.5, 0.6) is 5.75 Å². The maximum absolute atomic E-state index is 12.2. The lowest BCUT2D eigenvalue weighted by atomic mass is 10.2. The first kappa shape index (κ1) is 11.9. The normalized spacial score (nSPS) is 13.7. The summed E-state index contributed by atoms with van der Waals surface area (Å²) in [5.41, 5.74) is 0.960. The Bertz CT molecular complexity index is 320. The lowest BCUT2D eigenvalue weighted by Gasteiger charge is -2.17. The third kappa shape index (κ3) is 3.46. The summed E-state index contributed by atoms with van der Waals surface area (Å²) < 4.78 is 41.4. The van der Waals surface area contributed by atoms with Crippen molar-refractivity contribution in [3.8, 4) is 5.75 Å². The quantitative estimate of drug-likeness (QED) is 0.753. The summed E-state index contributed by atoms with van der Waals surface area (Å²) in [6, 6.07) is 6.70. The fourth-order valence-corrected chi connectivity index (χ4v) is 1.11. The number of halogens is 3. The van der Waals surface area contributed by atoms with Gasteiger partial charge in [-0.3, -0.25) is 0 Å². The molecular weight excluding hydrogens is 205 g/mol. The van der Waals surface area contributed by atoms with Crippen LogP contribution >= 0.6 is 0 Å². The van der Waals surface area contributed by atoms with E-state index in [9.17, 15) is 13.2 Å². The van der Waals surface area contributed by atoms with Crippen molar-refractivity contribution >= 4 is 0 Å². The molecule has 0 aliphatic heterocycles. The molecule has 0 saturated carbocycles. The predicted octanol–water partition coefficient (Wildman–Crippen LogP) is 3.58. The van der Waals surface area contributed by atoms with E-state index in [2.05, 4.69) is 0 Å². The average Bonchev–Trinajstić information content (AvgIpc) is 2.16. The number of aryl methyl sites for hydroxylation is 1. The molecular formula is C11H13F3O. The Kier molecular flexibility index (Phi) is 3.61. The molecule has 1 unspecified atom stereocenters. The van der Waals surface area contributed by atoms with Crippen LogP contribution in [-0.2, 0) is 6.42 Å². The van der Waals surface area contributed by atoms with Crippen LogP contribution in [0, 0.1) is 0 Å².